The molecule has 2 atom stereocenters. The van der Waals surface area contributed by atoms with Crippen molar-refractivity contribution in [3.63, 3.8) is 0 Å². The molecule has 0 saturated carbocycles. The molecule has 2 unspecified atom stereocenters. The van der Waals surface area contributed by atoms with Crippen LogP contribution in [0.1, 0.15) is 42.8 Å². The van der Waals surface area contributed by atoms with Crippen LogP contribution in [0.3, 0.4) is 0 Å². The highest BCUT2D eigenvalue weighted by atomic mass is 16.5. The van der Waals surface area contributed by atoms with Gasteiger partial charge in [0.05, 0.1) is 6.04 Å². The molecule has 5 nitrogen and oxygen atoms in total. The summed E-state index contributed by atoms with van der Waals surface area (Å²) in [5, 5.41) is 3.87. The van der Waals surface area contributed by atoms with E-state index in [-0.39, 0.29) is 12.1 Å². The number of benzene rings is 1. The van der Waals surface area contributed by atoms with Crippen LogP contribution >= 0.6 is 0 Å². The lowest BCUT2D eigenvalue weighted by atomic mass is 10.1. The number of nitrogens with two attached hydrogens (primary N) is 1. The fourth-order valence-corrected chi connectivity index (χ4v) is 1.76. The Morgan fingerprint density at radius 2 is 2.05 bits per heavy atom. The first kappa shape index (κ1) is 13.7. The van der Waals surface area contributed by atoms with Crippen LogP contribution in [0.5, 0.6) is 0 Å². The first-order valence-corrected chi connectivity index (χ1v) is 6.36. The molecule has 2 N–H and O–H groups in total. The van der Waals surface area contributed by atoms with Gasteiger partial charge in [0.15, 0.2) is 5.82 Å². The predicted octanol–water partition coefficient (Wildman–Crippen LogP) is 2.41. The third-order valence-electron chi connectivity index (χ3n) is 3.08. The highest BCUT2D eigenvalue weighted by molar-refractivity contribution is 5.15. The van der Waals surface area contributed by atoms with Crippen molar-refractivity contribution in [2.45, 2.75) is 31.9 Å². The normalized spacial score (nSPS) is 14.3. The minimum Gasteiger partial charge on any atom is -0.374 e. The van der Waals surface area contributed by atoms with Gasteiger partial charge in [-0.15, -0.1) is 0 Å². The van der Waals surface area contributed by atoms with E-state index in [1.54, 1.807) is 7.11 Å². The molecule has 19 heavy (non-hydrogen) atoms. The van der Waals surface area contributed by atoms with Crippen LogP contribution in [-0.2, 0) is 11.2 Å². The Morgan fingerprint density at radius 3 is 2.74 bits per heavy atom. The molecule has 5 heteroatoms. The van der Waals surface area contributed by atoms with Gasteiger partial charge in [0.2, 0.25) is 5.89 Å². The van der Waals surface area contributed by atoms with E-state index in [1.807, 2.05) is 25.1 Å². The van der Waals surface area contributed by atoms with Gasteiger partial charge in [-0.2, -0.15) is 4.98 Å². The average molecular weight is 261 g/mol. The minimum atomic E-state index is -0.245. The van der Waals surface area contributed by atoms with Gasteiger partial charge in [-0.25, -0.2) is 0 Å². The van der Waals surface area contributed by atoms with Crippen LogP contribution in [0.2, 0.25) is 0 Å². The molecule has 0 aliphatic rings. The molecule has 0 aliphatic heterocycles. The molecule has 2 aromatic rings. The summed E-state index contributed by atoms with van der Waals surface area (Å²) in [6, 6.07) is 9.96. The second kappa shape index (κ2) is 6.45. The average Bonchev–Trinajstić information content (AvgIpc) is 2.95. The molecule has 0 fully saturated rings. The van der Waals surface area contributed by atoms with Crippen molar-refractivity contribution in [2.24, 2.45) is 5.73 Å². The summed E-state index contributed by atoms with van der Waals surface area (Å²) in [7, 11) is 1.61. The van der Waals surface area contributed by atoms with E-state index in [0.29, 0.717) is 11.7 Å². The van der Waals surface area contributed by atoms with E-state index < -0.39 is 0 Å². The second-order valence-electron chi connectivity index (χ2n) is 4.50. The van der Waals surface area contributed by atoms with Crippen LogP contribution in [0.15, 0.2) is 34.9 Å². The largest absolute Gasteiger partial charge is 0.374 e. The molecule has 1 heterocycles. The van der Waals surface area contributed by atoms with E-state index >= 15 is 0 Å². The van der Waals surface area contributed by atoms with Crippen LogP contribution < -0.4 is 5.73 Å². The molecule has 0 radical (unpaired) electrons. The Kier molecular flexibility index (Phi) is 4.65. The summed E-state index contributed by atoms with van der Waals surface area (Å²) in [6.45, 7) is 1.87. The molecule has 0 spiro atoms. The summed E-state index contributed by atoms with van der Waals surface area (Å²) < 4.78 is 10.3. The van der Waals surface area contributed by atoms with Gasteiger partial charge in [0.25, 0.3) is 0 Å². The number of rotatable bonds is 6. The molecular weight excluding hydrogens is 242 g/mol. The maximum Gasteiger partial charge on any atom is 0.243 e. The van der Waals surface area contributed by atoms with Gasteiger partial charge >= 0.3 is 0 Å². The zero-order chi connectivity index (χ0) is 13.7. The van der Waals surface area contributed by atoms with E-state index in [9.17, 15) is 0 Å². The number of aromatic nitrogens is 2. The standard InChI is InChI=1S/C14H19N3O2/c1-10(18-2)13-16-14(19-17-13)12(15)9-8-11-6-4-3-5-7-11/h3-7,10,12H,8-9,15H2,1-2H3. The second-order valence-corrected chi connectivity index (χ2v) is 4.50. The number of hydrogen-bond donors (Lipinski definition) is 1. The van der Waals surface area contributed by atoms with Gasteiger partial charge in [-0.3, -0.25) is 0 Å². The van der Waals surface area contributed by atoms with Gasteiger partial charge < -0.3 is 15.0 Å². The SMILES string of the molecule is COC(C)c1noc(C(N)CCc2ccccc2)n1. The highest BCUT2D eigenvalue weighted by Gasteiger charge is 2.17. The fraction of sp³-hybridized carbons (Fsp3) is 0.429. The molecule has 0 amide bonds. The Morgan fingerprint density at radius 1 is 1.32 bits per heavy atom. The molecule has 102 valence electrons. The lowest BCUT2D eigenvalue weighted by molar-refractivity contribution is 0.109. The first-order valence-electron chi connectivity index (χ1n) is 6.36. The fourth-order valence-electron chi connectivity index (χ4n) is 1.76. The van der Waals surface area contributed by atoms with Crippen molar-refractivity contribution in [1.82, 2.24) is 10.1 Å². The number of methoxy groups -OCH3 is 1. The van der Waals surface area contributed by atoms with Crippen molar-refractivity contribution in [3.8, 4) is 0 Å². The third-order valence-corrected chi connectivity index (χ3v) is 3.08. The Balaban J connectivity index is 1.93. The van der Waals surface area contributed by atoms with Crippen molar-refractivity contribution in [1.29, 1.82) is 0 Å². The molecule has 0 saturated heterocycles. The number of aryl methyl sites for hydroxylation is 1. The van der Waals surface area contributed by atoms with Crippen molar-refractivity contribution >= 4 is 0 Å². The Labute approximate surface area is 112 Å². The third kappa shape index (κ3) is 3.62. The number of nitrogens with zero attached hydrogens (tertiary/aromatic N) is 2. The molecule has 0 aliphatic carbocycles. The molecular formula is C14H19N3O2. The molecule has 1 aromatic heterocycles. The summed E-state index contributed by atoms with van der Waals surface area (Å²) in [4.78, 5) is 4.27. The lowest BCUT2D eigenvalue weighted by Crippen LogP contribution is -2.12. The Hall–Kier alpha value is -1.72. The minimum absolute atomic E-state index is 0.182. The highest BCUT2D eigenvalue weighted by Crippen LogP contribution is 2.18. The summed E-state index contributed by atoms with van der Waals surface area (Å²) in [6.07, 6.45) is 1.48. The molecule has 1 aromatic carbocycles. The van der Waals surface area contributed by atoms with E-state index in [1.165, 1.54) is 5.56 Å². The van der Waals surface area contributed by atoms with Gasteiger partial charge in [-0.1, -0.05) is 35.5 Å². The van der Waals surface area contributed by atoms with Crippen molar-refractivity contribution in [3.05, 3.63) is 47.6 Å². The predicted molar refractivity (Wildman–Crippen MR) is 71.4 cm³/mol. The summed E-state index contributed by atoms with van der Waals surface area (Å²) in [5.74, 6) is 1.00. The first-order chi connectivity index (χ1) is 9.20. The number of hydrogen-bond acceptors (Lipinski definition) is 5. The zero-order valence-corrected chi connectivity index (χ0v) is 11.2. The van der Waals surface area contributed by atoms with Crippen LogP contribution in [0.25, 0.3) is 0 Å². The summed E-state index contributed by atoms with van der Waals surface area (Å²) in [5.41, 5.74) is 7.31. The molecule has 2 rings (SSSR count). The summed E-state index contributed by atoms with van der Waals surface area (Å²) >= 11 is 0. The monoisotopic (exact) mass is 261 g/mol. The van der Waals surface area contributed by atoms with Gasteiger partial charge in [-0.05, 0) is 25.3 Å². The van der Waals surface area contributed by atoms with Gasteiger partial charge in [0.1, 0.15) is 6.10 Å². The Bertz CT molecular complexity index is 498. The van der Waals surface area contributed by atoms with E-state index in [2.05, 4.69) is 22.3 Å². The van der Waals surface area contributed by atoms with Crippen LogP contribution in [0, 0.1) is 0 Å². The number of ether oxygens (including phenoxy) is 1. The maximum absolute atomic E-state index is 6.06. The maximum atomic E-state index is 6.06. The van der Waals surface area contributed by atoms with E-state index in [4.69, 9.17) is 15.0 Å². The molecule has 0 bridgehead atoms. The van der Waals surface area contributed by atoms with Crippen molar-refractivity contribution < 1.29 is 9.26 Å². The van der Waals surface area contributed by atoms with Crippen LogP contribution in [-0.4, -0.2) is 17.3 Å². The smallest absolute Gasteiger partial charge is 0.243 e. The lowest BCUT2D eigenvalue weighted by Gasteiger charge is -2.06. The topological polar surface area (TPSA) is 74.2 Å². The quantitative estimate of drug-likeness (QED) is 0.864. The zero-order valence-electron chi connectivity index (χ0n) is 11.2. The van der Waals surface area contributed by atoms with E-state index in [0.717, 1.165) is 12.8 Å². The van der Waals surface area contributed by atoms with Crippen LogP contribution in [0.4, 0.5) is 0 Å². The van der Waals surface area contributed by atoms with Gasteiger partial charge in [0, 0.05) is 7.11 Å². The van der Waals surface area contributed by atoms with Crippen molar-refractivity contribution in [2.75, 3.05) is 7.11 Å².